The van der Waals surface area contributed by atoms with E-state index < -0.39 is 0 Å². The SMILES string of the molecule is CCNC(=NCc1cccc(-n2cccn2)c1)NC1CCN(C2CC2)CC1.I. The fourth-order valence-corrected chi connectivity index (χ4v) is 3.75. The number of guanidine groups is 1. The van der Waals surface area contributed by atoms with Gasteiger partial charge in [0, 0.05) is 44.1 Å². The Morgan fingerprint density at radius 3 is 2.68 bits per heavy atom. The second kappa shape index (κ2) is 10.2. The third kappa shape index (κ3) is 5.70. The van der Waals surface area contributed by atoms with Crippen LogP contribution in [0.5, 0.6) is 0 Å². The van der Waals surface area contributed by atoms with Gasteiger partial charge in [-0.1, -0.05) is 12.1 Å². The minimum atomic E-state index is 0. The largest absolute Gasteiger partial charge is 0.357 e. The quantitative estimate of drug-likeness (QED) is 0.368. The first-order valence-corrected chi connectivity index (χ1v) is 10.2. The number of nitrogens with zero attached hydrogens (tertiary/aromatic N) is 4. The Kier molecular flexibility index (Phi) is 7.73. The van der Waals surface area contributed by atoms with Crippen molar-refractivity contribution in [3.8, 4) is 5.69 Å². The number of aromatic nitrogens is 2. The van der Waals surface area contributed by atoms with Crippen LogP contribution in [-0.4, -0.2) is 52.4 Å². The maximum Gasteiger partial charge on any atom is 0.191 e. The Morgan fingerprint density at radius 2 is 2.00 bits per heavy atom. The molecular weight excluding hydrogens is 463 g/mol. The molecule has 0 radical (unpaired) electrons. The number of hydrogen-bond acceptors (Lipinski definition) is 3. The second-order valence-electron chi connectivity index (χ2n) is 7.50. The molecule has 4 rings (SSSR count). The zero-order valence-corrected chi connectivity index (χ0v) is 18.9. The predicted octanol–water partition coefficient (Wildman–Crippen LogP) is 3.17. The molecule has 0 amide bonds. The van der Waals surface area contributed by atoms with Crippen molar-refractivity contribution in [3.05, 3.63) is 48.3 Å². The van der Waals surface area contributed by atoms with Crippen molar-refractivity contribution < 1.29 is 0 Å². The van der Waals surface area contributed by atoms with Crippen LogP contribution in [0.4, 0.5) is 0 Å². The fourth-order valence-electron chi connectivity index (χ4n) is 3.75. The number of rotatable bonds is 6. The second-order valence-corrected chi connectivity index (χ2v) is 7.50. The summed E-state index contributed by atoms with van der Waals surface area (Å²) in [6, 6.07) is 11.7. The molecule has 7 heteroatoms. The first-order chi connectivity index (χ1) is 13.3. The summed E-state index contributed by atoms with van der Waals surface area (Å²) in [6.07, 6.45) is 8.97. The van der Waals surface area contributed by atoms with E-state index >= 15 is 0 Å². The zero-order valence-electron chi connectivity index (χ0n) is 16.6. The third-order valence-electron chi connectivity index (χ3n) is 5.38. The van der Waals surface area contributed by atoms with E-state index in [4.69, 9.17) is 4.99 Å². The fraction of sp³-hybridized carbons (Fsp3) is 0.524. The van der Waals surface area contributed by atoms with Crippen molar-refractivity contribution in [1.82, 2.24) is 25.3 Å². The van der Waals surface area contributed by atoms with Crippen LogP contribution < -0.4 is 10.6 Å². The summed E-state index contributed by atoms with van der Waals surface area (Å²) >= 11 is 0. The normalized spacial score (nSPS) is 18.5. The first kappa shape index (κ1) is 21.1. The lowest BCUT2D eigenvalue weighted by Crippen LogP contribution is -2.49. The van der Waals surface area contributed by atoms with Crippen LogP contribution in [0.25, 0.3) is 5.69 Å². The van der Waals surface area contributed by atoms with Crippen molar-refractivity contribution >= 4 is 29.9 Å². The average molecular weight is 494 g/mol. The Morgan fingerprint density at radius 1 is 1.18 bits per heavy atom. The summed E-state index contributed by atoms with van der Waals surface area (Å²) in [7, 11) is 0. The lowest BCUT2D eigenvalue weighted by Gasteiger charge is -2.33. The number of benzene rings is 1. The van der Waals surface area contributed by atoms with E-state index in [2.05, 4.69) is 51.8 Å². The Hall–Kier alpha value is -1.61. The lowest BCUT2D eigenvalue weighted by molar-refractivity contribution is 0.197. The van der Waals surface area contributed by atoms with E-state index in [1.54, 1.807) is 6.20 Å². The van der Waals surface area contributed by atoms with E-state index in [1.807, 2.05) is 16.9 Å². The number of halogens is 1. The van der Waals surface area contributed by atoms with Gasteiger partial charge in [-0.15, -0.1) is 24.0 Å². The van der Waals surface area contributed by atoms with Gasteiger partial charge in [-0.2, -0.15) is 5.10 Å². The molecule has 0 atom stereocenters. The van der Waals surface area contributed by atoms with Crippen molar-refractivity contribution in [1.29, 1.82) is 0 Å². The molecule has 0 unspecified atom stereocenters. The number of nitrogens with one attached hydrogen (secondary N) is 2. The van der Waals surface area contributed by atoms with Crippen molar-refractivity contribution in [3.63, 3.8) is 0 Å². The molecule has 1 aromatic carbocycles. The molecule has 28 heavy (non-hydrogen) atoms. The molecule has 1 aliphatic carbocycles. The molecule has 1 aromatic heterocycles. The Labute approximate surface area is 184 Å². The highest BCUT2D eigenvalue weighted by atomic mass is 127. The molecule has 1 aliphatic heterocycles. The smallest absolute Gasteiger partial charge is 0.191 e. The van der Waals surface area contributed by atoms with Crippen LogP contribution in [-0.2, 0) is 6.54 Å². The predicted molar refractivity (Wildman–Crippen MR) is 125 cm³/mol. The highest BCUT2D eigenvalue weighted by Crippen LogP contribution is 2.29. The third-order valence-corrected chi connectivity index (χ3v) is 5.38. The van der Waals surface area contributed by atoms with Gasteiger partial charge in [0.2, 0.25) is 0 Å². The molecule has 2 aromatic rings. The summed E-state index contributed by atoms with van der Waals surface area (Å²) in [5.41, 5.74) is 2.25. The van der Waals surface area contributed by atoms with E-state index in [-0.39, 0.29) is 24.0 Å². The highest BCUT2D eigenvalue weighted by Gasteiger charge is 2.31. The molecule has 2 aliphatic rings. The van der Waals surface area contributed by atoms with Gasteiger partial charge >= 0.3 is 0 Å². The molecule has 6 nitrogen and oxygen atoms in total. The van der Waals surface area contributed by atoms with E-state index in [0.29, 0.717) is 12.6 Å². The first-order valence-electron chi connectivity index (χ1n) is 10.2. The molecule has 0 spiro atoms. The summed E-state index contributed by atoms with van der Waals surface area (Å²) in [5, 5.41) is 11.3. The lowest BCUT2D eigenvalue weighted by atomic mass is 10.1. The van der Waals surface area contributed by atoms with Crippen LogP contribution in [0.3, 0.4) is 0 Å². The monoisotopic (exact) mass is 494 g/mol. The van der Waals surface area contributed by atoms with E-state index in [0.717, 1.165) is 24.2 Å². The summed E-state index contributed by atoms with van der Waals surface area (Å²) in [5.74, 6) is 0.923. The molecule has 2 fully saturated rings. The topological polar surface area (TPSA) is 57.5 Å². The minimum absolute atomic E-state index is 0. The Balaban J connectivity index is 0.00000225. The number of aliphatic imine (C=N–C) groups is 1. The molecular formula is C21H31IN6. The van der Waals surface area contributed by atoms with Crippen molar-refractivity contribution in [2.45, 2.75) is 51.2 Å². The molecule has 2 heterocycles. The molecule has 0 bridgehead atoms. The van der Waals surface area contributed by atoms with Gasteiger partial charge in [0.25, 0.3) is 0 Å². The standard InChI is InChI=1S/C21H30N6.HI/c1-2-22-21(25-18-9-13-26(14-10-18)19-7-8-19)23-16-17-5-3-6-20(15-17)27-12-4-11-24-27;/h3-6,11-12,15,18-19H,2,7-10,13-14,16H2,1H3,(H2,22,23,25);1H. The molecule has 2 N–H and O–H groups in total. The van der Waals surface area contributed by atoms with Gasteiger partial charge in [0.1, 0.15) is 0 Å². The number of piperidine rings is 1. The van der Waals surface area contributed by atoms with E-state index in [1.165, 1.54) is 44.3 Å². The molecule has 1 saturated carbocycles. The summed E-state index contributed by atoms with van der Waals surface area (Å²) in [4.78, 5) is 7.47. The van der Waals surface area contributed by atoms with Crippen LogP contribution in [0.1, 0.15) is 38.2 Å². The van der Waals surface area contributed by atoms with Gasteiger partial charge in [0.15, 0.2) is 5.96 Å². The summed E-state index contributed by atoms with van der Waals surface area (Å²) in [6.45, 7) is 6.08. The van der Waals surface area contributed by atoms with Gasteiger partial charge in [-0.3, -0.25) is 0 Å². The molecule has 152 valence electrons. The van der Waals surface area contributed by atoms with Gasteiger partial charge in [-0.05, 0) is 56.4 Å². The minimum Gasteiger partial charge on any atom is -0.357 e. The van der Waals surface area contributed by atoms with Gasteiger partial charge in [-0.25, -0.2) is 9.67 Å². The Bertz CT molecular complexity index is 748. The van der Waals surface area contributed by atoms with Crippen molar-refractivity contribution in [2.24, 2.45) is 4.99 Å². The number of hydrogen-bond donors (Lipinski definition) is 2. The van der Waals surface area contributed by atoms with Crippen LogP contribution in [0, 0.1) is 0 Å². The van der Waals surface area contributed by atoms with Crippen molar-refractivity contribution in [2.75, 3.05) is 19.6 Å². The highest BCUT2D eigenvalue weighted by molar-refractivity contribution is 14.0. The zero-order chi connectivity index (χ0) is 18.5. The van der Waals surface area contributed by atoms with Gasteiger partial charge < -0.3 is 15.5 Å². The maximum absolute atomic E-state index is 4.82. The van der Waals surface area contributed by atoms with Crippen LogP contribution >= 0.6 is 24.0 Å². The average Bonchev–Trinajstić information content (AvgIpc) is 3.40. The molecule has 1 saturated heterocycles. The van der Waals surface area contributed by atoms with Gasteiger partial charge in [0.05, 0.1) is 12.2 Å². The van der Waals surface area contributed by atoms with Crippen LogP contribution in [0.2, 0.25) is 0 Å². The maximum atomic E-state index is 4.82. The van der Waals surface area contributed by atoms with Crippen LogP contribution in [0.15, 0.2) is 47.7 Å². The number of likely N-dealkylation sites (tertiary alicyclic amines) is 1. The van der Waals surface area contributed by atoms with E-state index in [9.17, 15) is 0 Å². The summed E-state index contributed by atoms with van der Waals surface area (Å²) < 4.78 is 1.88.